The fraction of sp³-hybridized carbons (Fsp3) is 0.158. The van der Waals surface area contributed by atoms with E-state index < -0.39 is 6.10 Å². The van der Waals surface area contributed by atoms with E-state index in [2.05, 4.69) is 9.97 Å². The molecular weight excluding hydrogens is 336 g/mol. The average molecular weight is 354 g/mol. The second-order valence-corrected chi connectivity index (χ2v) is 5.58. The Bertz CT molecular complexity index is 802. The number of methoxy groups -OCH3 is 2. The zero-order chi connectivity index (χ0) is 17.6. The van der Waals surface area contributed by atoms with Gasteiger partial charge in [0.05, 0.1) is 14.2 Å². The van der Waals surface area contributed by atoms with E-state index in [0.717, 1.165) is 11.1 Å². The summed E-state index contributed by atoms with van der Waals surface area (Å²) in [6, 6.07) is 15.3. The molecule has 0 atom stereocenters. The molecule has 1 heterocycles. The van der Waals surface area contributed by atoms with Gasteiger partial charge in [-0.25, -0.2) is 4.98 Å². The van der Waals surface area contributed by atoms with Gasteiger partial charge in [0.1, 0.15) is 11.5 Å². The highest BCUT2D eigenvalue weighted by Gasteiger charge is 2.25. The molecule has 0 aliphatic rings. The van der Waals surface area contributed by atoms with Crippen LogP contribution in [-0.2, 0) is 4.74 Å². The highest BCUT2D eigenvalue weighted by molar-refractivity contribution is 7.80. The number of rotatable bonds is 6. The molecular formula is C19H18N2O3S. The van der Waals surface area contributed by atoms with E-state index in [0.29, 0.717) is 17.3 Å². The lowest BCUT2D eigenvalue weighted by atomic mass is 9.99. The maximum absolute atomic E-state index is 6.13. The standard InChI is InChI=1S/C19H18N2O3S/c1-22-15-9-5-3-7-13(15)17(14-8-4-6-10-16(14)23-2)24-19(25)18-20-11-12-21-18/h3-12,17H,1-2H3,(H,20,21). The zero-order valence-corrected chi connectivity index (χ0v) is 14.7. The van der Waals surface area contributed by atoms with Crippen molar-refractivity contribution >= 4 is 17.3 Å². The predicted molar refractivity (Wildman–Crippen MR) is 99.2 cm³/mol. The Hall–Kier alpha value is -2.86. The van der Waals surface area contributed by atoms with Crippen molar-refractivity contribution in [3.05, 3.63) is 77.9 Å². The average Bonchev–Trinajstić information content (AvgIpc) is 3.21. The van der Waals surface area contributed by atoms with Gasteiger partial charge in [-0.05, 0) is 24.4 Å². The number of para-hydroxylation sites is 2. The zero-order valence-electron chi connectivity index (χ0n) is 13.9. The summed E-state index contributed by atoms with van der Waals surface area (Å²) < 4.78 is 17.1. The van der Waals surface area contributed by atoms with Crippen LogP contribution in [0.5, 0.6) is 11.5 Å². The van der Waals surface area contributed by atoms with Gasteiger partial charge in [0, 0.05) is 23.5 Å². The number of aromatic nitrogens is 2. The van der Waals surface area contributed by atoms with Gasteiger partial charge in [-0.2, -0.15) is 0 Å². The summed E-state index contributed by atoms with van der Waals surface area (Å²) in [6.45, 7) is 0. The third-order valence-electron chi connectivity index (χ3n) is 3.76. The molecule has 0 saturated carbocycles. The number of benzene rings is 2. The van der Waals surface area contributed by atoms with Crippen molar-refractivity contribution in [2.24, 2.45) is 0 Å². The molecule has 0 spiro atoms. The predicted octanol–water partition coefficient (Wildman–Crippen LogP) is 3.91. The molecule has 0 fully saturated rings. The molecule has 0 radical (unpaired) electrons. The fourth-order valence-electron chi connectivity index (χ4n) is 2.60. The molecule has 3 rings (SSSR count). The van der Waals surface area contributed by atoms with Crippen LogP contribution < -0.4 is 9.47 Å². The monoisotopic (exact) mass is 354 g/mol. The summed E-state index contributed by atoms with van der Waals surface area (Å²) >= 11 is 5.41. The minimum atomic E-state index is -0.495. The number of aromatic amines is 1. The van der Waals surface area contributed by atoms with E-state index in [1.807, 2.05) is 48.5 Å². The van der Waals surface area contributed by atoms with Crippen LogP contribution in [-0.4, -0.2) is 29.2 Å². The van der Waals surface area contributed by atoms with Crippen LogP contribution in [0.2, 0.25) is 0 Å². The normalized spacial score (nSPS) is 10.5. The highest BCUT2D eigenvalue weighted by atomic mass is 32.1. The summed E-state index contributed by atoms with van der Waals surface area (Å²) in [4.78, 5) is 7.12. The molecule has 128 valence electrons. The van der Waals surface area contributed by atoms with Crippen LogP contribution in [0.4, 0.5) is 0 Å². The summed E-state index contributed by atoms with van der Waals surface area (Å²) in [5.41, 5.74) is 1.70. The molecule has 2 aromatic carbocycles. The van der Waals surface area contributed by atoms with Crippen LogP contribution in [0, 0.1) is 0 Å². The number of thiocarbonyl (C=S) groups is 1. The van der Waals surface area contributed by atoms with Crippen molar-refractivity contribution in [3.63, 3.8) is 0 Å². The second kappa shape index (κ2) is 7.81. The van der Waals surface area contributed by atoms with Crippen molar-refractivity contribution in [1.82, 2.24) is 9.97 Å². The van der Waals surface area contributed by atoms with Crippen LogP contribution in [0.3, 0.4) is 0 Å². The van der Waals surface area contributed by atoms with Gasteiger partial charge < -0.3 is 19.2 Å². The molecule has 3 aromatic rings. The van der Waals surface area contributed by atoms with Crippen molar-refractivity contribution < 1.29 is 14.2 Å². The number of ether oxygens (including phenoxy) is 3. The summed E-state index contributed by atoms with van der Waals surface area (Å²) in [5, 5.41) is 0.270. The van der Waals surface area contributed by atoms with Gasteiger partial charge in [0.2, 0.25) is 5.05 Å². The summed E-state index contributed by atoms with van der Waals surface area (Å²) in [5.74, 6) is 1.92. The van der Waals surface area contributed by atoms with E-state index in [4.69, 9.17) is 26.4 Å². The van der Waals surface area contributed by atoms with Gasteiger partial charge in [0.15, 0.2) is 11.9 Å². The Labute approximate surface area is 151 Å². The first-order chi connectivity index (χ1) is 12.2. The molecule has 25 heavy (non-hydrogen) atoms. The summed E-state index contributed by atoms with van der Waals surface area (Å²) in [7, 11) is 3.26. The molecule has 0 amide bonds. The lowest BCUT2D eigenvalue weighted by Crippen LogP contribution is -2.15. The van der Waals surface area contributed by atoms with Crippen molar-refractivity contribution in [2.45, 2.75) is 6.10 Å². The molecule has 0 bridgehead atoms. The fourth-order valence-corrected chi connectivity index (χ4v) is 2.81. The Kier molecular flexibility index (Phi) is 5.30. The molecule has 1 N–H and O–H groups in total. The van der Waals surface area contributed by atoms with Crippen molar-refractivity contribution in [1.29, 1.82) is 0 Å². The lowest BCUT2D eigenvalue weighted by Gasteiger charge is -2.23. The molecule has 0 unspecified atom stereocenters. The molecule has 1 aromatic heterocycles. The van der Waals surface area contributed by atoms with Crippen LogP contribution in [0.25, 0.3) is 0 Å². The van der Waals surface area contributed by atoms with E-state index in [-0.39, 0.29) is 5.05 Å². The van der Waals surface area contributed by atoms with Gasteiger partial charge in [-0.15, -0.1) is 0 Å². The van der Waals surface area contributed by atoms with E-state index in [1.54, 1.807) is 26.6 Å². The van der Waals surface area contributed by atoms with Crippen LogP contribution in [0.1, 0.15) is 23.1 Å². The van der Waals surface area contributed by atoms with Crippen molar-refractivity contribution in [2.75, 3.05) is 14.2 Å². The lowest BCUT2D eigenvalue weighted by molar-refractivity contribution is 0.228. The third kappa shape index (κ3) is 3.64. The van der Waals surface area contributed by atoms with Gasteiger partial charge in [0.25, 0.3) is 0 Å². The number of hydrogen-bond acceptors (Lipinski definition) is 5. The Balaban J connectivity index is 2.06. The Morgan fingerprint density at radius 2 is 1.52 bits per heavy atom. The van der Waals surface area contributed by atoms with Gasteiger partial charge in [-0.1, -0.05) is 36.4 Å². The van der Waals surface area contributed by atoms with Gasteiger partial charge in [-0.3, -0.25) is 0 Å². The third-order valence-corrected chi connectivity index (χ3v) is 4.05. The molecule has 6 heteroatoms. The first kappa shape index (κ1) is 17.0. The van der Waals surface area contributed by atoms with Gasteiger partial charge >= 0.3 is 0 Å². The maximum atomic E-state index is 6.13. The number of nitrogens with one attached hydrogen (secondary N) is 1. The highest BCUT2D eigenvalue weighted by Crippen LogP contribution is 2.37. The molecule has 0 aliphatic heterocycles. The smallest absolute Gasteiger partial charge is 0.228 e. The molecule has 0 aliphatic carbocycles. The topological polar surface area (TPSA) is 56.4 Å². The van der Waals surface area contributed by atoms with E-state index >= 15 is 0 Å². The quantitative estimate of drug-likeness (QED) is 0.680. The van der Waals surface area contributed by atoms with E-state index in [9.17, 15) is 0 Å². The van der Waals surface area contributed by atoms with Crippen LogP contribution in [0.15, 0.2) is 60.9 Å². The number of imidazole rings is 1. The Morgan fingerprint density at radius 3 is 2.00 bits per heavy atom. The van der Waals surface area contributed by atoms with Crippen LogP contribution >= 0.6 is 12.2 Å². The second-order valence-electron chi connectivity index (χ2n) is 5.21. The number of hydrogen-bond donors (Lipinski definition) is 1. The maximum Gasteiger partial charge on any atom is 0.228 e. The SMILES string of the molecule is COc1ccccc1C(OC(=S)c1ncc[nH]1)c1ccccc1OC. The summed E-state index contributed by atoms with van der Waals surface area (Å²) in [6.07, 6.45) is 2.84. The Morgan fingerprint density at radius 1 is 0.960 bits per heavy atom. The largest absolute Gasteiger partial charge is 0.496 e. The minimum absolute atomic E-state index is 0.270. The first-order valence-corrected chi connectivity index (χ1v) is 8.11. The molecule has 5 nitrogen and oxygen atoms in total. The van der Waals surface area contributed by atoms with Crippen molar-refractivity contribution in [3.8, 4) is 11.5 Å². The number of H-pyrrole nitrogens is 1. The minimum Gasteiger partial charge on any atom is -0.496 e. The first-order valence-electron chi connectivity index (χ1n) is 7.70. The number of nitrogens with zero attached hydrogens (tertiary/aromatic N) is 1. The van der Waals surface area contributed by atoms with E-state index in [1.165, 1.54) is 0 Å². The molecule has 0 saturated heterocycles.